The number of carbonyl (C=O) groups is 2. The highest BCUT2D eigenvalue weighted by Gasteiger charge is 2.24. The van der Waals surface area contributed by atoms with Crippen molar-refractivity contribution in [2.75, 3.05) is 0 Å². The topological polar surface area (TPSA) is 184 Å². The van der Waals surface area contributed by atoms with Crippen LogP contribution in [0.1, 0.15) is 20.7 Å². The maximum absolute atomic E-state index is 11.9. The molecule has 46 heavy (non-hydrogen) atoms. The van der Waals surface area contributed by atoms with Crippen LogP contribution in [0, 0.1) is 0 Å². The van der Waals surface area contributed by atoms with Crippen LogP contribution in [-0.4, -0.2) is 62.0 Å². The van der Waals surface area contributed by atoms with Crippen molar-refractivity contribution in [3.8, 4) is 45.6 Å². The Labute approximate surface area is 257 Å². The van der Waals surface area contributed by atoms with Gasteiger partial charge >= 0.3 is 11.9 Å². The number of aromatic amines is 2. The second-order valence-electron chi connectivity index (χ2n) is 10.8. The first-order valence-corrected chi connectivity index (χ1v) is 14.2. The van der Waals surface area contributed by atoms with E-state index in [1.165, 1.54) is 12.1 Å². The van der Waals surface area contributed by atoms with Gasteiger partial charge < -0.3 is 20.2 Å². The third-order valence-electron chi connectivity index (χ3n) is 8.14. The lowest BCUT2D eigenvalue weighted by Gasteiger charge is -2.00. The molecule has 0 saturated heterocycles. The van der Waals surface area contributed by atoms with Gasteiger partial charge in [0.05, 0.1) is 11.1 Å². The van der Waals surface area contributed by atoms with Crippen molar-refractivity contribution in [1.29, 1.82) is 0 Å². The van der Waals surface area contributed by atoms with Gasteiger partial charge in [0.2, 0.25) is 0 Å². The molecule has 9 rings (SSSR count). The van der Waals surface area contributed by atoms with Crippen LogP contribution < -0.4 is 0 Å². The molecule has 3 aromatic heterocycles. The smallest absolute Gasteiger partial charge is 0.335 e. The molecular formula is C34H18N8O4. The normalized spacial score (nSPS) is 11.8. The van der Waals surface area contributed by atoms with Gasteiger partial charge in [0.25, 0.3) is 0 Å². The second kappa shape index (κ2) is 9.34. The lowest BCUT2D eigenvalue weighted by molar-refractivity contribution is 0.0686. The van der Waals surface area contributed by atoms with Gasteiger partial charge in [-0.1, -0.05) is 48.5 Å². The lowest BCUT2D eigenvalue weighted by atomic mass is 10.0. The highest BCUT2D eigenvalue weighted by molar-refractivity contribution is 6.06. The van der Waals surface area contributed by atoms with E-state index in [9.17, 15) is 19.8 Å². The van der Waals surface area contributed by atoms with Gasteiger partial charge in [0.15, 0.2) is 23.3 Å². The van der Waals surface area contributed by atoms with E-state index >= 15 is 0 Å². The Morgan fingerprint density at radius 2 is 0.761 bits per heavy atom. The van der Waals surface area contributed by atoms with Crippen LogP contribution in [0.25, 0.3) is 89.7 Å². The summed E-state index contributed by atoms with van der Waals surface area (Å²) in [6, 6.07) is 24.7. The zero-order valence-electron chi connectivity index (χ0n) is 23.5. The van der Waals surface area contributed by atoms with Crippen molar-refractivity contribution >= 4 is 56.1 Å². The van der Waals surface area contributed by atoms with Crippen LogP contribution >= 0.6 is 0 Å². The molecule has 2 aliphatic rings. The van der Waals surface area contributed by atoms with E-state index in [1.54, 1.807) is 24.3 Å². The molecule has 0 amide bonds. The number of carboxylic acids is 2. The quantitative estimate of drug-likeness (QED) is 0.176. The molecule has 0 saturated carbocycles. The van der Waals surface area contributed by atoms with E-state index in [-0.39, 0.29) is 11.1 Å². The molecule has 7 aromatic rings. The summed E-state index contributed by atoms with van der Waals surface area (Å²) < 4.78 is 0. The maximum atomic E-state index is 11.9. The third kappa shape index (κ3) is 3.80. The molecule has 0 fully saturated rings. The fraction of sp³-hybridized carbons (Fsp3) is 0. The molecule has 0 spiro atoms. The third-order valence-corrected chi connectivity index (χ3v) is 8.14. The number of fused-ring (bicyclic) bond motifs is 20. The number of aromatic nitrogens is 8. The average Bonchev–Trinajstić information content (AvgIpc) is 3.79. The zero-order valence-corrected chi connectivity index (χ0v) is 23.5. The molecule has 12 heteroatoms. The van der Waals surface area contributed by atoms with Crippen LogP contribution in [0.4, 0.5) is 0 Å². The van der Waals surface area contributed by atoms with Crippen LogP contribution in [0.3, 0.4) is 0 Å². The van der Waals surface area contributed by atoms with Crippen molar-refractivity contribution in [1.82, 2.24) is 39.9 Å². The van der Waals surface area contributed by atoms with E-state index in [0.717, 1.165) is 21.5 Å². The van der Waals surface area contributed by atoms with Gasteiger partial charge in [-0.05, 0) is 36.4 Å². The first-order chi connectivity index (χ1) is 22.4. The van der Waals surface area contributed by atoms with Gasteiger partial charge in [0, 0.05) is 43.8 Å². The molecule has 8 bridgehead atoms. The Balaban J connectivity index is 1.47. The van der Waals surface area contributed by atoms with Gasteiger partial charge in [-0.2, -0.15) is 0 Å². The minimum absolute atomic E-state index is 0.100. The highest BCUT2D eigenvalue weighted by Crippen LogP contribution is 2.37. The summed E-state index contributed by atoms with van der Waals surface area (Å²) in [5.41, 5.74) is 4.41. The second-order valence-corrected chi connectivity index (χ2v) is 10.8. The Morgan fingerprint density at radius 3 is 1.09 bits per heavy atom. The predicted octanol–water partition coefficient (Wildman–Crippen LogP) is 6.27. The summed E-state index contributed by atoms with van der Waals surface area (Å²) in [4.78, 5) is 59.6. The Bertz CT molecular complexity index is 2490. The lowest BCUT2D eigenvalue weighted by Crippen LogP contribution is -1.96. The number of aromatic carboxylic acids is 2. The molecule has 0 aliphatic carbocycles. The van der Waals surface area contributed by atoms with Gasteiger partial charge in [-0.25, -0.2) is 39.5 Å². The molecule has 0 atom stereocenters. The highest BCUT2D eigenvalue weighted by atomic mass is 16.4. The monoisotopic (exact) mass is 602 g/mol. The summed E-state index contributed by atoms with van der Waals surface area (Å²) in [6.45, 7) is 0. The molecule has 0 radical (unpaired) electrons. The molecule has 4 N–H and O–H groups in total. The Hall–Kier alpha value is -6.82. The fourth-order valence-corrected chi connectivity index (χ4v) is 5.96. The molecule has 0 unspecified atom stereocenters. The Morgan fingerprint density at radius 1 is 0.435 bits per heavy atom. The summed E-state index contributed by atoms with van der Waals surface area (Å²) >= 11 is 0. The number of H-pyrrole nitrogens is 2. The number of hydrogen-bond acceptors (Lipinski definition) is 8. The summed E-state index contributed by atoms with van der Waals surface area (Å²) in [7, 11) is 0. The molecular weight excluding hydrogens is 584 g/mol. The van der Waals surface area contributed by atoms with Gasteiger partial charge in [-0.15, -0.1) is 0 Å². The minimum Gasteiger partial charge on any atom is -0.478 e. The van der Waals surface area contributed by atoms with Crippen molar-refractivity contribution in [3.63, 3.8) is 0 Å². The Kier molecular flexibility index (Phi) is 5.21. The largest absolute Gasteiger partial charge is 0.478 e. The molecule has 5 heterocycles. The van der Waals surface area contributed by atoms with Crippen molar-refractivity contribution in [3.05, 3.63) is 96.1 Å². The average molecular weight is 603 g/mol. The number of hydrogen-bond donors (Lipinski definition) is 4. The number of benzene rings is 4. The van der Waals surface area contributed by atoms with E-state index < -0.39 is 11.9 Å². The van der Waals surface area contributed by atoms with Crippen LogP contribution in [-0.2, 0) is 0 Å². The van der Waals surface area contributed by atoms with Gasteiger partial charge in [0.1, 0.15) is 22.6 Å². The molecule has 4 aromatic carbocycles. The number of rotatable bonds is 2. The zero-order chi connectivity index (χ0) is 31.1. The summed E-state index contributed by atoms with van der Waals surface area (Å²) in [6.07, 6.45) is 0. The number of nitrogens with zero attached hydrogens (tertiary/aromatic N) is 6. The minimum atomic E-state index is -1.07. The fourth-order valence-electron chi connectivity index (χ4n) is 5.96. The molecule has 12 nitrogen and oxygen atoms in total. The first-order valence-electron chi connectivity index (χ1n) is 14.2. The van der Waals surface area contributed by atoms with Crippen LogP contribution in [0.2, 0.25) is 0 Å². The van der Waals surface area contributed by atoms with E-state index in [4.69, 9.17) is 29.9 Å². The summed E-state index contributed by atoms with van der Waals surface area (Å²) in [5, 5.41) is 22.6. The van der Waals surface area contributed by atoms with E-state index in [2.05, 4.69) is 9.97 Å². The van der Waals surface area contributed by atoms with E-state index in [0.29, 0.717) is 68.1 Å². The van der Waals surface area contributed by atoms with E-state index in [1.807, 2.05) is 48.5 Å². The molecule has 218 valence electrons. The van der Waals surface area contributed by atoms with Crippen LogP contribution in [0.15, 0.2) is 84.9 Å². The van der Waals surface area contributed by atoms with Crippen molar-refractivity contribution in [2.24, 2.45) is 0 Å². The molecule has 2 aliphatic heterocycles. The maximum Gasteiger partial charge on any atom is 0.335 e. The van der Waals surface area contributed by atoms with Gasteiger partial charge in [-0.3, -0.25) is 0 Å². The number of carboxylic acid groups (broad SMARTS) is 2. The van der Waals surface area contributed by atoms with Crippen molar-refractivity contribution in [2.45, 2.75) is 0 Å². The SMILES string of the molecule is O=C(O)c1ccc2c(c1)-c1nc-2nc2[nH]c(nc3nc(nc4[nH]c(n1)c1ccccc41)-c1ccc(C(=O)O)cc1-3)c1ccccc21. The first kappa shape index (κ1) is 25.7. The number of nitrogens with one attached hydrogen (secondary N) is 2. The standard InChI is InChI=1S/C34H18N8O4/c43-33(44)15-9-11-21-23(13-15)32-40-28-20-8-4-2-6-18(20)26(36-28)38-30-22-12-10-16(34(45)46)14-24(22)31(42-30)39-27-19-7-3-1-5-17(19)25(35-27)37-29(21)41-32/h1-14H,(H,43,44)(H,45,46)(H2,35,36,37,38,39,40,41,42). The van der Waals surface area contributed by atoms with Crippen molar-refractivity contribution < 1.29 is 19.8 Å². The summed E-state index contributed by atoms with van der Waals surface area (Å²) in [5.74, 6) is -0.844. The predicted molar refractivity (Wildman–Crippen MR) is 170 cm³/mol. The van der Waals surface area contributed by atoms with Crippen LogP contribution in [0.5, 0.6) is 0 Å².